The molecule has 0 spiro atoms. The highest BCUT2D eigenvalue weighted by Crippen LogP contribution is 2.41. The quantitative estimate of drug-likeness (QED) is 0.0633. The number of aliphatic hydroxyl groups is 1. The molecule has 0 aliphatic carbocycles. The molecule has 9 nitrogen and oxygen atoms in total. The number of methoxy groups -OCH3 is 1. The van der Waals surface area contributed by atoms with E-state index in [0.717, 1.165) is 27.5 Å². The maximum Gasteiger partial charge on any atom is 0.244 e. The average Bonchev–Trinajstić information content (AvgIpc) is 3.48. The molecule has 5 rings (SSSR count). The molecule has 0 radical (unpaired) electrons. The molecule has 0 amide bonds. The summed E-state index contributed by atoms with van der Waals surface area (Å²) in [5.74, 6) is 1.31. The molecule has 0 saturated heterocycles. The molecule has 3 aromatic carbocycles. The van der Waals surface area contributed by atoms with Crippen LogP contribution in [0.15, 0.2) is 96.3 Å². The number of aliphatic hydroxyl groups excluding tert-OH is 1. The van der Waals surface area contributed by atoms with Crippen LogP contribution < -0.4 is 9.64 Å². The van der Waals surface area contributed by atoms with Gasteiger partial charge in [-0.2, -0.15) is 4.98 Å². The summed E-state index contributed by atoms with van der Waals surface area (Å²) >= 11 is 1.48. The molecule has 1 atom stereocenters. The molecule has 0 bridgehead atoms. The molecule has 42 heavy (non-hydrogen) atoms. The van der Waals surface area contributed by atoms with Crippen LogP contribution in [0.5, 0.6) is 5.75 Å². The van der Waals surface area contributed by atoms with E-state index in [1.807, 2.05) is 85.9 Å². The highest BCUT2D eigenvalue weighted by Gasteiger charge is 2.37. The number of hydrogen-bond donors (Lipinski definition) is 1. The van der Waals surface area contributed by atoms with E-state index >= 15 is 0 Å². The highest BCUT2D eigenvalue weighted by atomic mass is 32.2. The Hall–Kier alpha value is -3.96. The van der Waals surface area contributed by atoms with Crippen molar-refractivity contribution in [3.63, 3.8) is 0 Å². The van der Waals surface area contributed by atoms with Gasteiger partial charge in [0.1, 0.15) is 28.2 Å². The second kappa shape index (κ2) is 13.3. The lowest BCUT2D eigenvalue weighted by molar-refractivity contribution is -0.154. The second-order valence-electron chi connectivity index (χ2n) is 9.79. The summed E-state index contributed by atoms with van der Waals surface area (Å²) in [6, 6.07) is 28.3. The van der Waals surface area contributed by atoms with E-state index in [-0.39, 0.29) is 6.61 Å². The van der Waals surface area contributed by atoms with E-state index in [9.17, 15) is 5.11 Å². The lowest BCUT2D eigenvalue weighted by atomic mass is 9.80. The zero-order chi connectivity index (χ0) is 29.5. The standard InChI is InChI=1S/C32H35N5O4S/c1-36(2)30-34-28-27(29(35-30)42-4)33-22-37(28)31(38)40-20-11-21-41-32(23-12-7-5-8-13-23,24-14-9-6-10-15-24)25-16-18-26(39-3)19-17-25/h5-10,12-19,22,31,38H,11,20-21H2,1-4H3. The first kappa shape index (κ1) is 29.5. The van der Waals surface area contributed by atoms with Gasteiger partial charge in [-0.3, -0.25) is 4.57 Å². The van der Waals surface area contributed by atoms with Gasteiger partial charge in [0.2, 0.25) is 12.4 Å². The lowest BCUT2D eigenvalue weighted by Crippen LogP contribution is -2.33. The van der Waals surface area contributed by atoms with Crippen LogP contribution in [0.1, 0.15) is 29.5 Å². The molecule has 1 N–H and O–H groups in total. The summed E-state index contributed by atoms with van der Waals surface area (Å²) in [4.78, 5) is 15.4. The van der Waals surface area contributed by atoms with E-state index in [1.54, 1.807) is 7.11 Å². The van der Waals surface area contributed by atoms with Gasteiger partial charge in [0.05, 0.1) is 20.3 Å². The van der Waals surface area contributed by atoms with Crippen molar-refractivity contribution >= 4 is 28.9 Å². The number of hydrogen-bond acceptors (Lipinski definition) is 9. The SMILES string of the molecule is COc1ccc(C(OCCCOC(O)n2cnc3c(SC)nc(N(C)C)nc32)(c2ccccc2)c2ccccc2)cc1. The number of benzene rings is 3. The molecule has 1 unspecified atom stereocenters. The van der Waals surface area contributed by atoms with E-state index < -0.39 is 12.0 Å². The van der Waals surface area contributed by atoms with Crippen molar-refractivity contribution < 1.29 is 19.3 Å². The second-order valence-corrected chi connectivity index (χ2v) is 10.6. The average molecular weight is 586 g/mol. The third kappa shape index (κ3) is 5.98. The Balaban J connectivity index is 1.35. The number of fused-ring (bicyclic) bond motifs is 1. The number of nitrogens with zero attached hydrogens (tertiary/aromatic N) is 5. The molecule has 2 aromatic heterocycles. The first-order chi connectivity index (χ1) is 20.5. The number of ether oxygens (including phenoxy) is 3. The third-order valence-corrected chi connectivity index (χ3v) is 7.61. The van der Waals surface area contributed by atoms with Crippen LogP contribution in [0.3, 0.4) is 0 Å². The van der Waals surface area contributed by atoms with Gasteiger partial charge in [0.25, 0.3) is 0 Å². The number of thioether (sulfide) groups is 1. The van der Waals surface area contributed by atoms with Gasteiger partial charge < -0.3 is 24.2 Å². The van der Waals surface area contributed by atoms with Crippen molar-refractivity contribution in [2.45, 2.75) is 23.5 Å². The maximum atomic E-state index is 10.9. The molecule has 0 aliphatic heterocycles. The first-order valence-electron chi connectivity index (χ1n) is 13.6. The van der Waals surface area contributed by atoms with Crippen molar-refractivity contribution in [3.05, 3.63) is 108 Å². The maximum absolute atomic E-state index is 10.9. The van der Waals surface area contributed by atoms with Crippen molar-refractivity contribution in [2.75, 3.05) is 45.6 Å². The minimum atomic E-state index is -1.26. The molecular weight excluding hydrogens is 550 g/mol. The molecule has 5 aromatic rings. The summed E-state index contributed by atoms with van der Waals surface area (Å²) < 4.78 is 19.6. The number of rotatable bonds is 13. The molecule has 218 valence electrons. The van der Waals surface area contributed by atoms with Crippen LogP contribution in [0.4, 0.5) is 5.95 Å². The Labute approximate surface area is 250 Å². The monoisotopic (exact) mass is 585 g/mol. The summed E-state index contributed by atoms with van der Waals surface area (Å²) in [5, 5.41) is 11.6. The van der Waals surface area contributed by atoms with E-state index in [4.69, 9.17) is 14.2 Å². The fourth-order valence-corrected chi connectivity index (χ4v) is 5.37. The fraction of sp³-hybridized carbons (Fsp3) is 0.281. The molecule has 0 saturated carbocycles. The summed E-state index contributed by atoms with van der Waals surface area (Å²) in [6.07, 6.45) is 2.74. The highest BCUT2D eigenvalue weighted by molar-refractivity contribution is 7.98. The largest absolute Gasteiger partial charge is 0.497 e. The Morgan fingerprint density at radius 1 is 0.881 bits per heavy atom. The summed E-state index contributed by atoms with van der Waals surface area (Å²) in [6.45, 7) is 0.626. The van der Waals surface area contributed by atoms with Crippen LogP contribution in [-0.4, -0.2) is 65.3 Å². The topological polar surface area (TPSA) is 94.8 Å². The van der Waals surface area contributed by atoms with Gasteiger partial charge in [0.15, 0.2) is 5.65 Å². The van der Waals surface area contributed by atoms with Crippen molar-refractivity contribution in [1.82, 2.24) is 19.5 Å². The minimum Gasteiger partial charge on any atom is -0.497 e. The van der Waals surface area contributed by atoms with Crippen molar-refractivity contribution in [1.29, 1.82) is 0 Å². The van der Waals surface area contributed by atoms with E-state index in [2.05, 4.69) is 39.2 Å². The van der Waals surface area contributed by atoms with Gasteiger partial charge in [-0.05, 0) is 41.5 Å². The molecule has 2 heterocycles. The number of aromatic nitrogens is 4. The van der Waals surface area contributed by atoms with Gasteiger partial charge >= 0.3 is 0 Å². The Morgan fingerprint density at radius 2 is 1.50 bits per heavy atom. The van der Waals surface area contributed by atoms with Gasteiger partial charge in [0, 0.05) is 14.1 Å². The zero-order valence-electron chi connectivity index (χ0n) is 24.2. The van der Waals surface area contributed by atoms with Gasteiger partial charge in [-0.1, -0.05) is 72.8 Å². The van der Waals surface area contributed by atoms with Crippen LogP contribution in [0.25, 0.3) is 11.2 Å². The van der Waals surface area contributed by atoms with Crippen LogP contribution in [0.2, 0.25) is 0 Å². The van der Waals surface area contributed by atoms with Crippen LogP contribution >= 0.6 is 11.8 Å². The summed E-state index contributed by atoms with van der Waals surface area (Å²) in [5.41, 5.74) is 3.26. The van der Waals surface area contributed by atoms with Crippen LogP contribution in [0, 0.1) is 0 Å². The van der Waals surface area contributed by atoms with Crippen LogP contribution in [-0.2, 0) is 15.1 Å². The molecular formula is C32H35N5O4S. The summed E-state index contributed by atoms with van der Waals surface area (Å²) in [7, 11) is 5.40. The molecule has 0 aliphatic rings. The molecule has 10 heteroatoms. The van der Waals surface area contributed by atoms with E-state index in [0.29, 0.717) is 30.1 Å². The predicted molar refractivity (Wildman–Crippen MR) is 165 cm³/mol. The Bertz CT molecular complexity index is 1540. The van der Waals surface area contributed by atoms with E-state index in [1.165, 1.54) is 22.7 Å². The predicted octanol–water partition coefficient (Wildman–Crippen LogP) is 5.49. The fourth-order valence-electron chi connectivity index (χ4n) is 4.86. The smallest absolute Gasteiger partial charge is 0.244 e. The first-order valence-corrected chi connectivity index (χ1v) is 14.9. The number of anilines is 1. The van der Waals surface area contributed by atoms with Crippen molar-refractivity contribution in [3.8, 4) is 5.75 Å². The van der Waals surface area contributed by atoms with Gasteiger partial charge in [-0.15, -0.1) is 11.8 Å². The van der Waals surface area contributed by atoms with Crippen molar-refractivity contribution in [2.24, 2.45) is 0 Å². The number of imidazole rings is 1. The Morgan fingerprint density at radius 3 is 2.07 bits per heavy atom. The minimum absolute atomic E-state index is 0.254. The third-order valence-electron chi connectivity index (χ3n) is 6.94. The zero-order valence-corrected chi connectivity index (χ0v) is 25.0. The molecule has 0 fully saturated rings. The lowest BCUT2D eigenvalue weighted by Gasteiger charge is -2.36. The Kier molecular flexibility index (Phi) is 9.38. The normalized spacial score (nSPS) is 12.4. The van der Waals surface area contributed by atoms with Gasteiger partial charge in [-0.25, -0.2) is 9.97 Å².